The number of anilines is 1. The number of methoxy groups -OCH3 is 1. The molecule has 0 spiro atoms. The summed E-state index contributed by atoms with van der Waals surface area (Å²) in [6, 6.07) is 19.8. The number of hydrogen-bond acceptors (Lipinski definition) is 7. The van der Waals surface area contributed by atoms with Gasteiger partial charge >= 0.3 is 0 Å². The molecule has 0 radical (unpaired) electrons. The van der Waals surface area contributed by atoms with Crippen molar-refractivity contribution < 1.29 is 9.53 Å². The van der Waals surface area contributed by atoms with Crippen LogP contribution in [0.5, 0.6) is 0 Å². The summed E-state index contributed by atoms with van der Waals surface area (Å²) in [5, 5.41) is 15.2. The zero-order valence-corrected chi connectivity index (χ0v) is 17.1. The van der Waals surface area contributed by atoms with E-state index in [0.717, 1.165) is 20.6 Å². The molecule has 2 N–H and O–H groups in total. The van der Waals surface area contributed by atoms with E-state index in [1.807, 2.05) is 60.7 Å². The number of nitrogens with one attached hydrogen (secondary N) is 2. The maximum atomic E-state index is 12.6. The third-order valence-electron chi connectivity index (χ3n) is 3.89. The molecule has 3 aromatic rings. The lowest BCUT2D eigenvalue weighted by Crippen LogP contribution is -2.30. The van der Waals surface area contributed by atoms with Crippen LogP contribution in [0.25, 0.3) is 0 Å². The number of rotatable bonds is 10. The van der Waals surface area contributed by atoms with Gasteiger partial charge in [0.1, 0.15) is 0 Å². The fourth-order valence-electron chi connectivity index (χ4n) is 2.58. The van der Waals surface area contributed by atoms with Crippen LogP contribution < -0.4 is 10.6 Å². The topological polar surface area (TPSA) is 76.1 Å². The Morgan fingerprint density at radius 3 is 2.32 bits per heavy atom. The van der Waals surface area contributed by atoms with Crippen molar-refractivity contribution in [1.29, 1.82) is 0 Å². The lowest BCUT2D eigenvalue weighted by Gasteiger charge is -2.19. The number of benzene rings is 2. The summed E-state index contributed by atoms with van der Waals surface area (Å²) in [5.41, 5.74) is 2.10. The molecule has 1 amide bonds. The quantitative estimate of drug-likeness (QED) is 0.390. The number of amides is 1. The van der Waals surface area contributed by atoms with Crippen molar-refractivity contribution in [2.24, 2.45) is 0 Å². The Kier molecular flexibility index (Phi) is 7.83. The van der Waals surface area contributed by atoms with E-state index in [-0.39, 0.29) is 17.7 Å². The third-order valence-corrected chi connectivity index (χ3v) is 5.90. The lowest BCUT2D eigenvalue weighted by atomic mass is 9.99. The molecule has 0 aliphatic heterocycles. The fraction of sp³-hybridized carbons (Fsp3) is 0.250. The second kappa shape index (κ2) is 10.8. The number of nitrogens with zero attached hydrogens (tertiary/aromatic N) is 2. The van der Waals surface area contributed by atoms with Gasteiger partial charge in [0, 0.05) is 13.7 Å². The van der Waals surface area contributed by atoms with Gasteiger partial charge in [-0.15, -0.1) is 10.2 Å². The van der Waals surface area contributed by atoms with E-state index in [1.165, 1.54) is 23.1 Å². The van der Waals surface area contributed by atoms with Gasteiger partial charge in [0.05, 0.1) is 18.4 Å². The van der Waals surface area contributed by atoms with Crippen LogP contribution >= 0.6 is 23.1 Å². The predicted octanol–water partition coefficient (Wildman–Crippen LogP) is 3.59. The van der Waals surface area contributed by atoms with Crippen molar-refractivity contribution in [2.45, 2.75) is 10.4 Å². The van der Waals surface area contributed by atoms with Crippen LogP contribution in [0.2, 0.25) is 0 Å². The van der Waals surface area contributed by atoms with Crippen molar-refractivity contribution in [3.05, 3.63) is 71.8 Å². The Hall–Kier alpha value is -2.42. The number of aromatic nitrogens is 2. The molecule has 1 aromatic heterocycles. The molecule has 28 heavy (non-hydrogen) atoms. The van der Waals surface area contributed by atoms with Crippen molar-refractivity contribution in [3.8, 4) is 0 Å². The molecule has 0 saturated carbocycles. The van der Waals surface area contributed by atoms with Crippen LogP contribution in [0.4, 0.5) is 5.13 Å². The molecule has 6 nitrogen and oxygen atoms in total. The Labute approximate surface area is 172 Å². The molecule has 0 aliphatic rings. The Balaban J connectivity index is 1.58. The smallest absolute Gasteiger partial charge is 0.231 e. The van der Waals surface area contributed by atoms with Gasteiger partial charge in [0.2, 0.25) is 11.0 Å². The SMILES string of the molecule is COCCNc1nnc(SCC(=O)NC(c2ccccc2)c2ccccc2)s1. The van der Waals surface area contributed by atoms with Crippen LogP contribution in [0.15, 0.2) is 65.0 Å². The first-order valence-electron chi connectivity index (χ1n) is 8.84. The molecular formula is C20H22N4O2S2. The van der Waals surface area contributed by atoms with E-state index in [0.29, 0.717) is 13.2 Å². The van der Waals surface area contributed by atoms with Crippen molar-refractivity contribution in [2.75, 3.05) is 31.3 Å². The van der Waals surface area contributed by atoms with Crippen LogP contribution in [-0.2, 0) is 9.53 Å². The van der Waals surface area contributed by atoms with Gasteiger partial charge in [-0.2, -0.15) is 0 Å². The van der Waals surface area contributed by atoms with Gasteiger partial charge in [-0.3, -0.25) is 4.79 Å². The van der Waals surface area contributed by atoms with Gasteiger partial charge in [0.15, 0.2) is 4.34 Å². The number of thioether (sulfide) groups is 1. The first-order chi connectivity index (χ1) is 13.8. The van der Waals surface area contributed by atoms with Gasteiger partial charge in [-0.1, -0.05) is 83.8 Å². The molecule has 0 unspecified atom stereocenters. The van der Waals surface area contributed by atoms with Crippen LogP contribution in [0.1, 0.15) is 17.2 Å². The lowest BCUT2D eigenvalue weighted by molar-refractivity contribution is -0.119. The molecule has 0 saturated heterocycles. The molecule has 2 aromatic carbocycles. The predicted molar refractivity (Wildman–Crippen MR) is 114 cm³/mol. The number of carbonyl (C=O) groups is 1. The highest BCUT2D eigenvalue weighted by atomic mass is 32.2. The maximum absolute atomic E-state index is 12.6. The highest BCUT2D eigenvalue weighted by Gasteiger charge is 2.17. The van der Waals surface area contributed by atoms with Crippen LogP contribution in [-0.4, -0.2) is 42.1 Å². The maximum Gasteiger partial charge on any atom is 0.231 e. The molecule has 0 bridgehead atoms. The highest BCUT2D eigenvalue weighted by Crippen LogP contribution is 2.26. The van der Waals surface area contributed by atoms with Gasteiger partial charge in [-0.05, 0) is 11.1 Å². The molecule has 0 aliphatic carbocycles. The Bertz CT molecular complexity index is 819. The second-order valence-corrected chi connectivity index (χ2v) is 8.10. The summed E-state index contributed by atoms with van der Waals surface area (Å²) in [4.78, 5) is 12.6. The minimum absolute atomic E-state index is 0.0493. The standard InChI is InChI=1S/C20H22N4O2S2/c1-26-13-12-21-19-23-24-20(28-19)27-14-17(25)22-18(15-8-4-2-5-9-15)16-10-6-3-7-11-16/h2-11,18H,12-14H2,1H3,(H,21,23)(H,22,25). The summed E-state index contributed by atoms with van der Waals surface area (Å²) < 4.78 is 5.75. The Morgan fingerprint density at radius 2 is 1.71 bits per heavy atom. The molecule has 8 heteroatoms. The average Bonchev–Trinajstić information content (AvgIpc) is 3.20. The molecule has 146 valence electrons. The molecule has 1 heterocycles. The largest absolute Gasteiger partial charge is 0.383 e. The van der Waals surface area contributed by atoms with E-state index in [1.54, 1.807) is 7.11 Å². The monoisotopic (exact) mass is 414 g/mol. The van der Waals surface area contributed by atoms with Crippen molar-refractivity contribution in [3.63, 3.8) is 0 Å². The molecule has 0 fully saturated rings. The normalized spacial score (nSPS) is 10.8. The fourth-order valence-corrected chi connectivity index (χ4v) is 4.17. The summed E-state index contributed by atoms with van der Waals surface area (Å²) >= 11 is 2.81. The van der Waals surface area contributed by atoms with E-state index in [4.69, 9.17) is 4.74 Å². The van der Waals surface area contributed by atoms with Crippen LogP contribution in [0.3, 0.4) is 0 Å². The summed E-state index contributed by atoms with van der Waals surface area (Å²) in [6.07, 6.45) is 0. The average molecular weight is 415 g/mol. The first kappa shape index (κ1) is 20.3. The second-order valence-electron chi connectivity index (χ2n) is 5.90. The minimum Gasteiger partial charge on any atom is -0.383 e. The summed E-state index contributed by atoms with van der Waals surface area (Å²) in [7, 11) is 1.65. The number of ether oxygens (including phenoxy) is 1. The van der Waals surface area contributed by atoms with Crippen molar-refractivity contribution in [1.82, 2.24) is 15.5 Å². The summed E-state index contributed by atoms with van der Waals surface area (Å²) in [5.74, 6) is 0.231. The highest BCUT2D eigenvalue weighted by molar-refractivity contribution is 8.01. The first-order valence-corrected chi connectivity index (χ1v) is 10.6. The minimum atomic E-state index is -0.184. The number of hydrogen-bond donors (Lipinski definition) is 2. The molecule has 0 atom stereocenters. The van der Waals surface area contributed by atoms with Gasteiger partial charge in [-0.25, -0.2) is 0 Å². The Morgan fingerprint density at radius 1 is 1.07 bits per heavy atom. The van der Waals surface area contributed by atoms with Gasteiger partial charge < -0.3 is 15.4 Å². The molecule has 3 rings (SSSR count). The number of carbonyl (C=O) groups excluding carboxylic acids is 1. The van der Waals surface area contributed by atoms with Crippen LogP contribution in [0, 0.1) is 0 Å². The van der Waals surface area contributed by atoms with E-state index < -0.39 is 0 Å². The third kappa shape index (κ3) is 6.05. The van der Waals surface area contributed by atoms with E-state index in [9.17, 15) is 4.79 Å². The van der Waals surface area contributed by atoms with E-state index in [2.05, 4.69) is 20.8 Å². The zero-order valence-electron chi connectivity index (χ0n) is 15.5. The van der Waals surface area contributed by atoms with Crippen molar-refractivity contribution >= 4 is 34.1 Å². The molecular weight excluding hydrogens is 392 g/mol. The zero-order chi connectivity index (χ0) is 19.6. The van der Waals surface area contributed by atoms with Gasteiger partial charge in [0.25, 0.3) is 0 Å². The van der Waals surface area contributed by atoms with E-state index >= 15 is 0 Å². The summed E-state index contributed by atoms with van der Waals surface area (Å²) in [6.45, 7) is 1.27.